The Hall–Kier alpha value is -0.610. The Labute approximate surface area is 72.5 Å². The molecule has 2 unspecified atom stereocenters. The predicted octanol–water partition coefficient (Wildman–Crippen LogP) is -0.260. The summed E-state index contributed by atoms with van der Waals surface area (Å²) in [6.45, 7) is 4.61. The molecular formula is C8H16N2O2. The smallest absolute Gasteiger partial charge is 0.238 e. The number of nitrogens with zero attached hydrogens (tertiary/aromatic N) is 1. The van der Waals surface area contributed by atoms with Gasteiger partial charge in [0.2, 0.25) is 5.91 Å². The number of hydrazine groups is 1. The van der Waals surface area contributed by atoms with E-state index < -0.39 is 0 Å². The summed E-state index contributed by atoms with van der Waals surface area (Å²) in [6, 6.07) is 0.239. The summed E-state index contributed by atoms with van der Waals surface area (Å²) >= 11 is 0. The Bertz CT molecular complexity index is 172. The average Bonchev–Trinajstić information content (AvgIpc) is 2.30. The van der Waals surface area contributed by atoms with Crippen LogP contribution in [0, 0.1) is 5.92 Å². The molecule has 1 amide bonds. The lowest BCUT2D eigenvalue weighted by Gasteiger charge is -2.19. The molecule has 0 radical (unpaired) electrons. The van der Waals surface area contributed by atoms with Crippen LogP contribution in [-0.2, 0) is 4.79 Å². The minimum absolute atomic E-state index is 0.125. The lowest BCUT2D eigenvalue weighted by Crippen LogP contribution is -2.40. The van der Waals surface area contributed by atoms with Crippen molar-refractivity contribution >= 4 is 5.91 Å². The molecule has 0 aromatic heterocycles. The van der Waals surface area contributed by atoms with E-state index in [2.05, 4.69) is 5.43 Å². The first-order valence-electron chi connectivity index (χ1n) is 4.31. The van der Waals surface area contributed by atoms with Crippen molar-refractivity contribution in [1.29, 1.82) is 0 Å². The first-order chi connectivity index (χ1) is 5.63. The standard InChI is InChI=1S/C8H16N2O2/c1-6(5-11)4-10-8(12)3-7(2)9-10/h6-7,9,11H,3-5H2,1-2H3. The number of carbonyl (C=O) groups is 1. The van der Waals surface area contributed by atoms with E-state index in [9.17, 15) is 4.79 Å². The minimum atomic E-state index is 0.125. The monoisotopic (exact) mass is 172 g/mol. The van der Waals surface area contributed by atoms with Gasteiger partial charge in [0.15, 0.2) is 0 Å². The van der Waals surface area contributed by atoms with Crippen LogP contribution in [-0.4, -0.2) is 35.2 Å². The maximum absolute atomic E-state index is 11.2. The van der Waals surface area contributed by atoms with Gasteiger partial charge in [-0.25, -0.2) is 5.43 Å². The number of aliphatic hydroxyl groups excluding tert-OH is 1. The maximum Gasteiger partial charge on any atom is 0.238 e. The van der Waals surface area contributed by atoms with Gasteiger partial charge in [-0.3, -0.25) is 9.80 Å². The fourth-order valence-corrected chi connectivity index (χ4v) is 1.28. The second kappa shape index (κ2) is 3.87. The highest BCUT2D eigenvalue weighted by atomic mass is 16.3. The molecule has 0 saturated carbocycles. The van der Waals surface area contributed by atoms with Gasteiger partial charge < -0.3 is 5.11 Å². The Morgan fingerprint density at radius 3 is 2.92 bits per heavy atom. The van der Waals surface area contributed by atoms with Gasteiger partial charge in [-0.1, -0.05) is 6.92 Å². The summed E-state index contributed by atoms with van der Waals surface area (Å²) in [7, 11) is 0. The van der Waals surface area contributed by atoms with Gasteiger partial charge >= 0.3 is 0 Å². The molecule has 0 aromatic rings. The van der Waals surface area contributed by atoms with Crippen LogP contribution in [0.3, 0.4) is 0 Å². The van der Waals surface area contributed by atoms with Crippen LogP contribution in [0.15, 0.2) is 0 Å². The molecule has 12 heavy (non-hydrogen) atoms. The van der Waals surface area contributed by atoms with Gasteiger partial charge in [0.25, 0.3) is 0 Å². The van der Waals surface area contributed by atoms with Gasteiger partial charge in [-0.15, -0.1) is 0 Å². The Morgan fingerprint density at radius 1 is 1.83 bits per heavy atom. The first-order valence-corrected chi connectivity index (χ1v) is 4.31. The van der Waals surface area contributed by atoms with E-state index >= 15 is 0 Å². The van der Waals surface area contributed by atoms with E-state index in [1.54, 1.807) is 5.01 Å². The van der Waals surface area contributed by atoms with E-state index in [1.165, 1.54) is 0 Å². The number of nitrogens with one attached hydrogen (secondary N) is 1. The van der Waals surface area contributed by atoms with Gasteiger partial charge in [0.05, 0.1) is 0 Å². The van der Waals surface area contributed by atoms with Crippen molar-refractivity contribution in [2.75, 3.05) is 13.2 Å². The van der Waals surface area contributed by atoms with Crippen LogP contribution in [0.4, 0.5) is 0 Å². The fraction of sp³-hybridized carbons (Fsp3) is 0.875. The van der Waals surface area contributed by atoms with Gasteiger partial charge in [-0.05, 0) is 12.8 Å². The summed E-state index contributed by atoms with van der Waals surface area (Å²) in [5.74, 6) is 0.273. The molecular weight excluding hydrogens is 156 g/mol. The zero-order valence-corrected chi connectivity index (χ0v) is 7.58. The van der Waals surface area contributed by atoms with E-state index in [4.69, 9.17) is 5.11 Å². The quantitative estimate of drug-likeness (QED) is 0.616. The molecule has 0 spiro atoms. The van der Waals surface area contributed by atoms with E-state index in [0.29, 0.717) is 13.0 Å². The van der Waals surface area contributed by atoms with Gasteiger partial charge in [0.1, 0.15) is 0 Å². The molecule has 1 rings (SSSR count). The molecule has 1 aliphatic rings. The Morgan fingerprint density at radius 2 is 2.50 bits per heavy atom. The highest BCUT2D eigenvalue weighted by molar-refractivity contribution is 5.78. The van der Waals surface area contributed by atoms with Crippen LogP contribution in [0.25, 0.3) is 0 Å². The van der Waals surface area contributed by atoms with Gasteiger partial charge in [0, 0.05) is 25.6 Å². The summed E-state index contributed by atoms with van der Waals surface area (Å²) in [4.78, 5) is 11.2. The zero-order valence-electron chi connectivity index (χ0n) is 7.58. The number of hydrogen-bond donors (Lipinski definition) is 2. The molecule has 1 fully saturated rings. The van der Waals surface area contributed by atoms with E-state index in [-0.39, 0.29) is 24.5 Å². The van der Waals surface area contributed by atoms with Crippen molar-refractivity contribution in [1.82, 2.24) is 10.4 Å². The second-order valence-corrected chi connectivity index (χ2v) is 3.53. The molecule has 1 saturated heterocycles. The van der Waals surface area contributed by atoms with Crippen LogP contribution in [0.1, 0.15) is 20.3 Å². The summed E-state index contributed by atoms with van der Waals surface area (Å²) in [5, 5.41) is 10.4. The van der Waals surface area contributed by atoms with Crippen molar-refractivity contribution in [3.8, 4) is 0 Å². The normalized spacial score (nSPS) is 26.4. The van der Waals surface area contributed by atoms with Crippen LogP contribution < -0.4 is 5.43 Å². The summed E-state index contributed by atoms with van der Waals surface area (Å²) in [5.41, 5.74) is 3.04. The highest BCUT2D eigenvalue weighted by Crippen LogP contribution is 2.08. The number of rotatable bonds is 3. The van der Waals surface area contributed by atoms with Crippen LogP contribution in [0.5, 0.6) is 0 Å². The molecule has 2 N–H and O–H groups in total. The van der Waals surface area contributed by atoms with Crippen molar-refractivity contribution in [3.63, 3.8) is 0 Å². The van der Waals surface area contributed by atoms with Crippen molar-refractivity contribution < 1.29 is 9.90 Å². The van der Waals surface area contributed by atoms with Crippen molar-refractivity contribution in [2.24, 2.45) is 5.92 Å². The maximum atomic E-state index is 11.2. The van der Waals surface area contributed by atoms with Crippen molar-refractivity contribution in [2.45, 2.75) is 26.3 Å². The van der Waals surface area contributed by atoms with Crippen LogP contribution in [0.2, 0.25) is 0 Å². The Kier molecular flexibility index (Phi) is 3.05. The minimum Gasteiger partial charge on any atom is -0.396 e. The Balaban J connectivity index is 2.37. The molecule has 0 aromatic carbocycles. The SMILES string of the molecule is CC(CO)CN1NC(C)CC1=O. The second-order valence-electron chi connectivity index (χ2n) is 3.53. The molecule has 1 heterocycles. The fourth-order valence-electron chi connectivity index (χ4n) is 1.28. The zero-order chi connectivity index (χ0) is 9.14. The first kappa shape index (κ1) is 9.48. The van der Waals surface area contributed by atoms with Crippen molar-refractivity contribution in [3.05, 3.63) is 0 Å². The highest BCUT2D eigenvalue weighted by Gasteiger charge is 2.26. The number of carbonyl (C=O) groups excluding carboxylic acids is 1. The topological polar surface area (TPSA) is 52.6 Å². The molecule has 4 nitrogen and oxygen atoms in total. The van der Waals surface area contributed by atoms with E-state index in [1.807, 2.05) is 13.8 Å². The third-order valence-corrected chi connectivity index (χ3v) is 1.96. The number of aliphatic hydroxyl groups is 1. The predicted molar refractivity (Wildman–Crippen MR) is 45.2 cm³/mol. The van der Waals surface area contributed by atoms with Gasteiger partial charge in [-0.2, -0.15) is 0 Å². The molecule has 0 aliphatic carbocycles. The van der Waals surface area contributed by atoms with E-state index in [0.717, 1.165) is 0 Å². The third-order valence-electron chi connectivity index (χ3n) is 1.96. The third kappa shape index (κ3) is 2.19. The number of amides is 1. The average molecular weight is 172 g/mol. The number of hydrogen-bond acceptors (Lipinski definition) is 3. The molecule has 0 bridgehead atoms. The lowest BCUT2D eigenvalue weighted by molar-refractivity contribution is -0.130. The summed E-state index contributed by atoms with van der Waals surface area (Å²) in [6.07, 6.45) is 0.568. The summed E-state index contributed by atoms with van der Waals surface area (Å²) < 4.78 is 0. The molecule has 70 valence electrons. The lowest BCUT2D eigenvalue weighted by atomic mass is 10.2. The van der Waals surface area contributed by atoms with Crippen LogP contribution >= 0.6 is 0 Å². The molecule has 2 atom stereocenters. The molecule has 4 heteroatoms. The molecule has 1 aliphatic heterocycles. The largest absolute Gasteiger partial charge is 0.396 e.